The van der Waals surface area contributed by atoms with Gasteiger partial charge in [0.1, 0.15) is 5.18 Å². The average Bonchev–Trinajstić information content (AvgIpc) is 3.46. The smallest absolute Gasteiger partial charge is 0 e. The van der Waals surface area contributed by atoms with E-state index in [0.717, 1.165) is 11.5 Å². The van der Waals surface area contributed by atoms with Crippen LogP contribution in [0.2, 0.25) is 0 Å². The summed E-state index contributed by atoms with van der Waals surface area (Å²) in [6.45, 7) is 23.0. The third-order valence-corrected chi connectivity index (χ3v) is 12.8. The first-order valence-corrected chi connectivity index (χ1v) is 15.5. The van der Waals surface area contributed by atoms with Gasteiger partial charge in [0.2, 0.25) is 0 Å². The Bertz CT molecular complexity index is 1260. The first-order valence-electron chi connectivity index (χ1n) is 13.0. The van der Waals surface area contributed by atoms with Crippen molar-refractivity contribution in [3.05, 3.63) is 123 Å². The SMILES string of the molecule is C#Cc1ccccc1.CC1(C)[C@@H]2CC[C@]13CS[C@H](P(c1ccccc1)c1ccccc1)O[C@@H]3C2.[C-]#[O+].[C-]#[O+].[C-]#[O+].[C-]#[O+].[Co].[Co]. The molecule has 1 spiro atoms. The quantitative estimate of drug-likeness (QED) is 0.128. The molecule has 1 saturated heterocycles. The van der Waals surface area contributed by atoms with Crippen molar-refractivity contribution in [1.82, 2.24) is 0 Å². The second-order valence-electron chi connectivity index (χ2n) is 10.1. The Morgan fingerprint density at radius 2 is 1.20 bits per heavy atom. The van der Waals surface area contributed by atoms with E-state index in [1.807, 2.05) is 30.3 Å². The summed E-state index contributed by atoms with van der Waals surface area (Å²) in [5.41, 5.74) is 1.79. The summed E-state index contributed by atoms with van der Waals surface area (Å²) in [6, 6.07) is 31.7. The van der Waals surface area contributed by atoms with Crippen molar-refractivity contribution in [2.45, 2.75) is 44.4 Å². The standard InChI is InChI=1S/C23H27OPS.C8H6.4CO.2Co/c1-22(2)17-13-14-23(22)16-26-21(24-20(23)15-17)25(18-9-5-3-6-10-18)19-11-7-4-8-12-19;1-2-8-6-4-3-5-7-8;4*1-2;;/h3-12,17,20-21H,13-16H2,1-2H3;1,3-7H;;;;;;/t17-,20-,21+,23-;;;;;;;/m1......./s1. The van der Waals surface area contributed by atoms with E-state index in [4.69, 9.17) is 29.8 Å². The molecule has 0 amide bonds. The van der Waals surface area contributed by atoms with E-state index in [9.17, 15) is 0 Å². The van der Waals surface area contributed by atoms with Crippen LogP contribution in [0.4, 0.5) is 0 Å². The van der Waals surface area contributed by atoms with Crippen LogP contribution in [0, 0.1) is 55.7 Å². The maximum Gasteiger partial charge on any atom is 0 e. The van der Waals surface area contributed by atoms with Crippen LogP contribution in [0.5, 0.6) is 0 Å². The van der Waals surface area contributed by atoms with Crippen molar-refractivity contribution < 1.29 is 56.9 Å². The molecule has 6 rings (SSSR count). The fourth-order valence-corrected chi connectivity index (χ4v) is 11.1. The van der Waals surface area contributed by atoms with Gasteiger partial charge >= 0.3 is 45.2 Å². The number of hydrogen-bond donors (Lipinski definition) is 0. The van der Waals surface area contributed by atoms with E-state index in [-0.39, 0.29) is 38.7 Å². The number of benzene rings is 3. The molecular weight excluding hydrogens is 681 g/mol. The molecule has 2 aliphatic carbocycles. The molecule has 3 aromatic rings. The molecule has 1 heterocycles. The molecule has 1 aliphatic heterocycles. The van der Waals surface area contributed by atoms with E-state index < -0.39 is 7.92 Å². The molecular formula is C35H33Co2O5PS. The fourth-order valence-electron chi connectivity index (χ4n) is 6.17. The summed E-state index contributed by atoms with van der Waals surface area (Å²) in [6.07, 6.45) is 9.60. The topological polar surface area (TPSA) is 88.8 Å². The van der Waals surface area contributed by atoms with Gasteiger partial charge in [-0.15, -0.1) is 18.2 Å². The average molecular weight is 715 g/mol. The predicted octanol–water partition coefficient (Wildman–Crippen LogP) is 6.87. The normalized spacial score (nSPS) is 22.2. The zero-order valence-corrected chi connectivity index (χ0v) is 28.2. The van der Waals surface area contributed by atoms with Gasteiger partial charge < -0.3 is 4.74 Å². The number of fused-ring (bicyclic) bond motifs is 1. The molecule has 0 aromatic heterocycles. The van der Waals surface area contributed by atoms with Crippen molar-refractivity contribution >= 4 is 30.3 Å². The number of ether oxygens (including phenoxy) is 1. The summed E-state index contributed by atoms with van der Waals surface area (Å²) >= 11 is 2.10. The summed E-state index contributed by atoms with van der Waals surface area (Å²) < 4.78 is 36.9. The molecule has 5 nitrogen and oxygen atoms in total. The van der Waals surface area contributed by atoms with Crippen LogP contribution in [0.25, 0.3) is 0 Å². The van der Waals surface area contributed by atoms with Gasteiger partial charge in [-0.1, -0.05) is 98.6 Å². The summed E-state index contributed by atoms with van der Waals surface area (Å²) in [5, 5.41) is 3.15. The predicted molar refractivity (Wildman–Crippen MR) is 164 cm³/mol. The van der Waals surface area contributed by atoms with Gasteiger partial charge in [-0.2, -0.15) is 0 Å². The van der Waals surface area contributed by atoms with Gasteiger partial charge in [0.25, 0.3) is 0 Å². The largest absolute Gasteiger partial charge is 0 e. The van der Waals surface area contributed by atoms with Gasteiger partial charge in [0, 0.05) is 50.3 Å². The third-order valence-electron chi connectivity index (χ3n) is 8.34. The zero-order chi connectivity index (χ0) is 31.6. The Labute approximate surface area is 288 Å². The Balaban J connectivity index is 0. The van der Waals surface area contributed by atoms with Gasteiger partial charge in [-0.3, -0.25) is 0 Å². The maximum atomic E-state index is 7.50. The monoisotopic (exact) mass is 714 g/mol. The van der Waals surface area contributed by atoms with E-state index in [2.05, 4.69) is 119 Å². The number of terminal acetylenes is 1. The van der Waals surface area contributed by atoms with Crippen LogP contribution < -0.4 is 10.6 Å². The molecule has 44 heavy (non-hydrogen) atoms. The number of hydrogen-bond acceptors (Lipinski definition) is 2. The first kappa shape index (κ1) is 44.1. The second-order valence-corrected chi connectivity index (χ2v) is 13.8. The van der Waals surface area contributed by atoms with Crippen LogP contribution in [0.15, 0.2) is 91.0 Å². The Morgan fingerprint density at radius 1 is 0.773 bits per heavy atom. The Hall–Kier alpha value is -2.07. The van der Waals surface area contributed by atoms with Crippen molar-refractivity contribution in [3.63, 3.8) is 0 Å². The minimum Gasteiger partial charge on any atom is 0 e. The molecule has 232 valence electrons. The molecule has 2 bridgehead atoms. The van der Waals surface area contributed by atoms with E-state index in [1.165, 1.54) is 35.6 Å². The zero-order valence-electron chi connectivity index (χ0n) is 24.4. The van der Waals surface area contributed by atoms with E-state index in [1.54, 1.807) is 0 Å². The van der Waals surface area contributed by atoms with Gasteiger partial charge in [-0.25, -0.2) is 0 Å². The molecule has 2 saturated carbocycles. The van der Waals surface area contributed by atoms with Crippen LogP contribution in [-0.4, -0.2) is 17.0 Å². The molecule has 2 radical (unpaired) electrons. The molecule has 3 aromatic carbocycles. The second kappa shape index (κ2) is 23.3. The summed E-state index contributed by atoms with van der Waals surface area (Å²) in [5.74, 6) is 4.65. The van der Waals surface area contributed by atoms with Crippen molar-refractivity contribution in [3.8, 4) is 12.3 Å². The van der Waals surface area contributed by atoms with Crippen LogP contribution in [-0.2, 0) is 56.9 Å². The van der Waals surface area contributed by atoms with Gasteiger partial charge in [0.05, 0.1) is 6.10 Å². The minimum atomic E-state index is -0.495. The van der Waals surface area contributed by atoms with Crippen molar-refractivity contribution in [2.75, 3.05) is 5.75 Å². The van der Waals surface area contributed by atoms with E-state index in [0.29, 0.717) is 16.9 Å². The maximum absolute atomic E-state index is 7.50. The van der Waals surface area contributed by atoms with Crippen molar-refractivity contribution in [1.29, 1.82) is 0 Å². The Kier molecular flexibility index (Phi) is 23.3. The van der Waals surface area contributed by atoms with Crippen LogP contribution >= 0.6 is 19.7 Å². The molecule has 4 atom stereocenters. The molecule has 0 N–H and O–H groups in total. The Morgan fingerprint density at radius 3 is 1.59 bits per heavy atom. The minimum absolute atomic E-state index is 0. The molecule has 0 unspecified atom stereocenters. The molecule has 3 fully saturated rings. The first-order chi connectivity index (χ1) is 20.5. The van der Waals surface area contributed by atoms with Crippen LogP contribution in [0.3, 0.4) is 0 Å². The molecule has 3 aliphatic rings. The number of rotatable bonds is 3. The van der Waals surface area contributed by atoms with Crippen LogP contribution in [0.1, 0.15) is 38.7 Å². The summed E-state index contributed by atoms with van der Waals surface area (Å²) in [4.78, 5) is 0. The number of thioether (sulfide) groups is 1. The third kappa shape index (κ3) is 10.2. The molecule has 9 heteroatoms. The van der Waals surface area contributed by atoms with Gasteiger partial charge in [-0.05, 0) is 61.3 Å². The van der Waals surface area contributed by atoms with Gasteiger partial charge in [0.15, 0.2) is 0 Å². The summed E-state index contributed by atoms with van der Waals surface area (Å²) in [7, 11) is -0.495. The fraction of sp³-hybridized carbons (Fsp3) is 0.314. The van der Waals surface area contributed by atoms with E-state index >= 15 is 0 Å². The van der Waals surface area contributed by atoms with Crippen molar-refractivity contribution in [2.24, 2.45) is 16.7 Å².